The van der Waals surface area contributed by atoms with Crippen molar-refractivity contribution in [1.29, 1.82) is 0 Å². The first-order chi connectivity index (χ1) is 14.7. The first-order valence-corrected chi connectivity index (χ1v) is 11.1. The lowest BCUT2D eigenvalue weighted by Gasteiger charge is -2.18. The molecular weight excluding hydrogens is 420 g/mol. The molecule has 0 radical (unpaired) electrons. The molecule has 5 rings (SSSR count). The average molecular weight is 439 g/mol. The summed E-state index contributed by atoms with van der Waals surface area (Å²) < 4.78 is 7.40. The minimum atomic E-state index is -0.150. The van der Waals surface area contributed by atoms with Crippen LogP contribution in [0.5, 0.6) is 5.75 Å². The van der Waals surface area contributed by atoms with E-state index in [0.29, 0.717) is 16.5 Å². The fourth-order valence-electron chi connectivity index (χ4n) is 3.57. The maximum Gasteiger partial charge on any atom is 0.262 e. The molecule has 0 saturated heterocycles. The number of hydrogen-bond acceptors (Lipinski definition) is 5. The summed E-state index contributed by atoms with van der Waals surface area (Å²) in [5, 5.41) is 10.5. The molecule has 0 unspecified atom stereocenters. The zero-order valence-corrected chi connectivity index (χ0v) is 17.7. The summed E-state index contributed by atoms with van der Waals surface area (Å²) >= 11 is 7.53. The van der Waals surface area contributed by atoms with Crippen molar-refractivity contribution >= 4 is 45.9 Å². The number of carbonyl (C=O) groups is 1. The van der Waals surface area contributed by atoms with Gasteiger partial charge in [-0.25, -0.2) is 9.67 Å². The predicted molar refractivity (Wildman–Crippen MR) is 120 cm³/mol. The summed E-state index contributed by atoms with van der Waals surface area (Å²) in [5.41, 5.74) is 4.54. The van der Waals surface area contributed by atoms with Crippen molar-refractivity contribution in [2.45, 2.75) is 25.7 Å². The molecule has 1 aliphatic heterocycles. The molecule has 0 bridgehead atoms. The van der Waals surface area contributed by atoms with Gasteiger partial charge in [-0.15, -0.1) is 11.3 Å². The third-order valence-corrected chi connectivity index (χ3v) is 6.14. The van der Waals surface area contributed by atoms with Crippen molar-refractivity contribution in [3.05, 3.63) is 57.7 Å². The number of nitrogens with one attached hydrogen (secondary N) is 1. The van der Waals surface area contributed by atoms with Gasteiger partial charge >= 0.3 is 0 Å². The lowest BCUT2D eigenvalue weighted by Crippen LogP contribution is -2.25. The molecular formula is C22H19ClN4O2S. The van der Waals surface area contributed by atoms with Gasteiger partial charge in [-0.3, -0.25) is 4.79 Å². The van der Waals surface area contributed by atoms with Crippen molar-refractivity contribution in [3.63, 3.8) is 0 Å². The smallest absolute Gasteiger partial charge is 0.262 e. The summed E-state index contributed by atoms with van der Waals surface area (Å²) in [7, 11) is 0. The molecule has 0 atom stereocenters. The van der Waals surface area contributed by atoms with E-state index in [2.05, 4.69) is 5.32 Å². The number of halogens is 1. The fourth-order valence-corrected chi connectivity index (χ4v) is 4.54. The Balaban J connectivity index is 1.63. The number of ether oxygens (including phenoxy) is 1. The van der Waals surface area contributed by atoms with Crippen molar-refractivity contribution in [2.75, 3.05) is 11.9 Å². The highest BCUT2D eigenvalue weighted by Crippen LogP contribution is 2.33. The molecule has 6 nitrogen and oxygen atoms in total. The Hall–Kier alpha value is -2.90. The molecule has 152 valence electrons. The van der Waals surface area contributed by atoms with E-state index in [9.17, 15) is 4.79 Å². The Bertz CT molecular complexity index is 1200. The van der Waals surface area contributed by atoms with E-state index < -0.39 is 0 Å². The molecule has 1 N–H and O–H groups in total. The van der Waals surface area contributed by atoms with Gasteiger partial charge < -0.3 is 10.1 Å². The minimum Gasteiger partial charge on any atom is -0.482 e. The van der Waals surface area contributed by atoms with Crippen LogP contribution in [0.1, 0.15) is 25.7 Å². The molecule has 2 aromatic carbocycles. The molecule has 1 amide bonds. The van der Waals surface area contributed by atoms with Crippen LogP contribution in [0.3, 0.4) is 0 Å². The van der Waals surface area contributed by atoms with Gasteiger partial charge in [0.15, 0.2) is 6.61 Å². The number of hydrogen-bond donors (Lipinski definition) is 1. The summed E-state index contributed by atoms with van der Waals surface area (Å²) in [5.74, 6) is 0.524. The largest absolute Gasteiger partial charge is 0.482 e. The van der Waals surface area contributed by atoms with E-state index in [1.54, 1.807) is 0 Å². The van der Waals surface area contributed by atoms with E-state index in [0.717, 1.165) is 34.6 Å². The van der Waals surface area contributed by atoms with Crippen molar-refractivity contribution in [2.24, 2.45) is 10.1 Å². The lowest BCUT2D eigenvalue weighted by atomic mass is 10.1. The van der Waals surface area contributed by atoms with Crippen LogP contribution in [0, 0.1) is 0 Å². The second-order valence-corrected chi connectivity index (χ2v) is 8.50. The first-order valence-electron chi connectivity index (χ1n) is 9.80. The van der Waals surface area contributed by atoms with Crippen LogP contribution in [0.15, 0.2) is 57.9 Å². The molecule has 30 heavy (non-hydrogen) atoms. The van der Waals surface area contributed by atoms with Crippen molar-refractivity contribution in [3.8, 4) is 17.0 Å². The molecule has 2 aliphatic rings. The van der Waals surface area contributed by atoms with Crippen LogP contribution in [-0.4, -0.2) is 22.9 Å². The molecule has 3 aromatic rings. The molecule has 1 aromatic heterocycles. The Morgan fingerprint density at radius 3 is 2.70 bits per heavy atom. The summed E-state index contributed by atoms with van der Waals surface area (Å²) in [4.78, 5) is 17.3. The molecule has 0 spiro atoms. The summed E-state index contributed by atoms with van der Waals surface area (Å²) in [6.07, 6.45) is 4.36. The van der Waals surface area contributed by atoms with E-state index in [1.165, 1.54) is 29.9 Å². The van der Waals surface area contributed by atoms with Crippen molar-refractivity contribution in [1.82, 2.24) is 4.68 Å². The van der Waals surface area contributed by atoms with Crippen LogP contribution in [0.4, 0.5) is 11.4 Å². The molecule has 8 heteroatoms. The van der Waals surface area contributed by atoms with Gasteiger partial charge in [0.2, 0.25) is 4.80 Å². The molecule has 1 saturated carbocycles. The van der Waals surface area contributed by atoms with E-state index in [1.807, 2.05) is 52.5 Å². The maximum atomic E-state index is 11.7. The van der Waals surface area contributed by atoms with Gasteiger partial charge in [-0.2, -0.15) is 5.10 Å². The lowest BCUT2D eigenvalue weighted by molar-refractivity contribution is -0.118. The SMILES string of the molecule is O=C1COc2ccc(-c3csc(=Nc4ccc(Cl)cc4)n3N=C3CCCC3)cc2N1. The molecule has 1 aliphatic carbocycles. The number of nitrogens with zero attached hydrogens (tertiary/aromatic N) is 3. The second kappa shape index (κ2) is 8.08. The van der Waals surface area contributed by atoms with Gasteiger partial charge in [-0.1, -0.05) is 11.6 Å². The molecule has 2 heterocycles. The monoisotopic (exact) mass is 438 g/mol. The topological polar surface area (TPSA) is 68.0 Å². The highest BCUT2D eigenvalue weighted by molar-refractivity contribution is 7.07. The van der Waals surface area contributed by atoms with Gasteiger partial charge in [0.05, 0.1) is 17.1 Å². The maximum absolute atomic E-state index is 11.7. The first kappa shape index (κ1) is 19.1. The van der Waals surface area contributed by atoms with Crippen LogP contribution < -0.4 is 14.9 Å². The molecule has 1 fully saturated rings. The Morgan fingerprint density at radius 1 is 1.10 bits per heavy atom. The zero-order valence-electron chi connectivity index (χ0n) is 16.1. The number of aromatic nitrogens is 1. The van der Waals surface area contributed by atoms with E-state index in [-0.39, 0.29) is 12.5 Å². The van der Waals surface area contributed by atoms with Gasteiger partial charge in [0.25, 0.3) is 5.91 Å². The Labute approximate surface area is 182 Å². The number of thiazole rings is 1. The van der Waals surface area contributed by atoms with Crippen LogP contribution in [0.2, 0.25) is 5.02 Å². The number of benzene rings is 2. The van der Waals surface area contributed by atoms with Gasteiger partial charge in [-0.05, 0) is 68.1 Å². The number of fused-ring (bicyclic) bond motifs is 1. The van der Waals surface area contributed by atoms with Crippen molar-refractivity contribution < 1.29 is 9.53 Å². The predicted octanol–water partition coefficient (Wildman–Crippen LogP) is 5.21. The average Bonchev–Trinajstić information content (AvgIpc) is 3.40. The minimum absolute atomic E-state index is 0.0442. The van der Waals surface area contributed by atoms with E-state index in [4.69, 9.17) is 26.4 Å². The quantitative estimate of drug-likeness (QED) is 0.609. The zero-order chi connectivity index (χ0) is 20.5. The Morgan fingerprint density at radius 2 is 1.90 bits per heavy atom. The fraction of sp³-hybridized carbons (Fsp3) is 0.227. The third kappa shape index (κ3) is 3.91. The van der Waals surface area contributed by atoms with Gasteiger partial charge in [0, 0.05) is 21.7 Å². The number of amides is 1. The van der Waals surface area contributed by atoms with E-state index >= 15 is 0 Å². The highest BCUT2D eigenvalue weighted by atomic mass is 35.5. The number of rotatable bonds is 3. The Kier molecular flexibility index (Phi) is 5.14. The standard InChI is InChI=1S/C22H19ClN4O2S/c23-15-6-8-16(9-7-15)24-22-27(26-17-3-1-2-4-17)19(13-30-22)14-5-10-20-18(11-14)25-21(28)12-29-20/h5-11,13H,1-4,12H2,(H,25,28). The third-order valence-electron chi connectivity index (χ3n) is 5.07. The van der Waals surface area contributed by atoms with Crippen LogP contribution >= 0.6 is 22.9 Å². The highest BCUT2D eigenvalue weighted by Gasteiger charge is 2.18. The van der Waals surface area contributed by atoms with Crippen LogP contribution in [-0.2, 0) is 4.79 Å². The van der Waals surface area contributed by atoms with Gasteiger partial charge in [0.1, 0.15) is 5.75 Å². The normalized spacial score (nSPS) is 16.2. The summed E-state index contributed by atoms with van der Waals surface area (Å²) in [6.45, 7) is 0.0442. The number of carbonyl (C=O) groups excluding carboxylic acids is 1. The summed E-state index contributed by atoms with van der Waals surface area (Å²) in [6, 6.07) is 13.2. The second-order valence-electron chi connectivity index (χ2n) is 7.22. The van der Waals surface area contributed by atoms with Crippen LogP contribution in [0.25, 0.3) is 11.3 Å². The number of anilines is 1.